The van der Waals surface area contributed by atoms with Crippen LogP contribution >= 0.6 is 11.3 Å². The van der Waals surface area contributed by atoms with Gasteiger partial charge in [-0.25, -0.2) is 4.98 Å². The van der Waals surface area contributed by atoms with Crippen molar-refractivity contribution in [2.75, 3.05) is 0 Å². The molecule has 0 aliphatic heterocycles. The topological polar surface area (TPSA) is 17.8 Å². The first-order valence-electron chi connectivity index (χ1n) is 11.0. The Bertz CT molecular complexity index is 1390. The van der Waals surface area contributed by atoms with Gasteiger partial charge in [-0.3, -0.25) is 4.57 Å². The molecule has 5 aromatic rings. The zero-order valence-corrected chi connectivity index (χ0v) is 18.6. The number of imidazole rings is 1. The van der Waals surface area contributed by atoms with E-state index in [1.165, 1.54) is 32.6 Å². The first kappa shape index (κ1) is 18.6. The smallest absolute Gasteiger partial charge is 0.155 e. The van der Waals surface area contributed by atoms with Crippen molar-refractivity contribution >= 4 is 22.4 Å². The number of hydrogen-bond acceptors (Lipinski definition) is 2. The molecule has 1 aliphatic rings. The summed E-state index contributed by atoms with van der Waals surface area (Å²) >= 11 is 1.74. The minimum absolute atomic E-state index is 0.0645. The standard InChI is InChI=1S/C28H24N2S/c1-3-28(4-2)22-14-9-8-13-20(22)21-17-24-25(18-23(21)28)30(19-11-6-5-7-12-19)27(29-24)26-15-10-16-31-26/h5-18H,3-4H2,1-2H3. The second kappa shape index (κ2) is 6.93. The van der Waals surface area contributed by atoms with E-state index in [0.717, 1.165) is 29.9 Å². The number of para-hydroxylation sites is 1. The molecule has 0 spiro atoms. The molecule has 0 atom stereocenters. The van der Waals surface area contributed by atoms with Crippen molar-refractivity contribution in [2.24, 2.45) is 0 Å². The lowest BCUT2D eigenvalue weighted by Crippen LogP contribution is -2.23. The summed E-state index contributed by atoms with van der Waals surface area (Å²) in [6, 6.07) is 28.6. The minimum atomic E-state index is 0.0645. The molecule has 2 heterocycles. The van der Waals surface area contributed by atoms with Gasteiger partial charge < -0.3 is 0 Å². The molecule has 6 rings (SSSR count). The quantitative estimate of drug-likeness (QED) is 0.289. The number of benzene rings is 3. The SMILES string of the molecule is CCC1(CC)c2ccccc2-c2cc3nc(-c4cccs4)n(-c4ccccc4)c3cc21. The maximum absolute atomic E-state index is 5.15. The van der Waals surface area contributed by atoms with Crippen LogP contribution in [0.1, 0.15) is 37.8 Å². The second-order valence-electron chi connectivity index (χ2n) is 8.30. The van der Waals surface area contributed by atoms with Crippen LogP contribution in [0.15, 0.2) is 84.2 Å². The summed E-state index contributed by atoms with van der Waals surface area (Å²) in [5, 5.41) is 2.12. The van der Waals surface area contributed by atoms with Gasteiger partial charge in [-0.15, -0.1) is 11.3 Å². The van der Waals surface area contributed by atoms with Gasteiger partial charge in [0.2, 0.25) is 0 Å². The Balaban J connectivity index is 1.72. The van der Waals surface area contributed by atoms with Crippen LogP contribution in [0.2, 0.25) is 0 Å². The first-order valence-corrected chi connectivity index (χ1v) is 11.9. The third-order valence-corrected chi connectivity index (χ3v) is 7.87. The van der Waals surface area contributed by atoms with Crippen molar-refractivity contribution in [3.05, 3.63) is 95.4 Å². The van der Waals surface area contributed by atoms with Gasteiger partial charge in [-0.1, -0.05) is 62.4 Å². The lowest BCUT2D eigenvalue weighted by molar-refractivity contribution is 0.491. The van der Waals surface area contributed by atoms with Gasteiger partial charge in [-0.2, -0.15) is 0 Å². The molecule has 1 aliphatic carbocycles. The van der Waals surface area contributed by atoms with Crippen LogP contribution in [0.25, 0.3) is 38.5 Å². The highest BCUT2D eigenvalue weighted by Gasteiger charge is 2.41. The van der Waals surface area contributed by atoms with Crippen LogP contribution in [0, 0.1) is 0 Å². The molecule has 2 aromatic heterocycles. The summed E-state index contributed by atoms with van der Waals surface area (Å²) in [4.78, 5) is 6.35. The Morgan fingerprint density at radius 2 is 1.58 bits per heavy atom. The maximum Gasteiger partial charge on any atom is 0.155 e. The van der Waals surface area contributed by atoms with Crippen LogP contribution in [-0.2, 0) is 5.41 Å². The molecule has 2 nitrogen and oxygen atoms in total. The van der Waals surface area contributed by atoms with E-state index in [1.807, 2.05) is 0 Å². The Morgan fingerprint density at radius 1 is 0.806 bits per heavy atom. The van der Waals surface area contributed by atoms with Crippen LogP contribution < -0.4 is 0 Å². The van der Waals surface area contributed by atoms with Crippen molar-refractivity contribution in [2.45, 2.75) is 32.1 Å². The van der Waals surface area contributed by atoms with Crippen LogP contribution in [0.4, 0.5) is 0 Å². The fourth-order valence-electron chi connectivity index (χ4n) is 5.44. The van der Waals surface area contributed by atoms with Crippen molar-refractivity contribution in [1.82, 2.24) is 9.55 Å². The van der Waals surface area contributed by atoms with E-state index >= 15 is 0 Å². The second-order valence-corrected chi connectivity index (χ2v) is 9.25. The fraction of sp³-hybridized carbons (Fsp3) is 0.179. The summed E-state index contributed by atoms with van der Waals surface area (Å²) in [5.74, 6) is 1.02. The van der Waals surface area contributed by atoms with E-state index < -0.39 is 0 Å². The summed E-state index contributed by atoms with van der Waals surface area (Å²) in [6.45, 7) is 4.65. The number of hydrogen-bond donors (Lipinski definition) is 0. The van der Waals surface area contributed by atoms with Gasteiger partial charge in [0.1, 0.15) is 0 Å². The molecule has 31 heavy (non-hydrogen) atoms. The van der Waals surface area contributed by atoms with Crippen molar-refractivity contribution in [1.29, 1.82) is 0 Å². The Hall–Kier alpha value is -3.17. The monoisotopic (exact) mass is 420 g/mol. The number of aromatic nitrogens is 2. The van der Waals surface area contributed by atoms with Gasteiger partial charge in [0, 0.05) is 11.1 Å². The molecule has 0 fully saturated rings. The summed E-state index contributed by atoms with van der Waals surface area (Å²) in [6.07, 6.45) is 2.19. The molecule has 0 unspecified atom stereocenters. The average molecular weight is 421 g/mol. The van der Waals surface area contributed by atoms with Crippen molar-refractivity contribution in [3.8, 4) is 27.5 Å². The van der Waals surface area contributed by atoms with Gasteiger partial charge in [-0.05, 0) is 70.8 Å². The number of thiophene rings is 1. The molecule has 0 bridgehead atoms. The van der Waals surface area contributed by atoms with Crippen LogP contribution in [0.5, 0.6) is 0 Å². The Morgan fingerprint density at radius 3 is 2.32 bits per heavy atom. The maximum atomic E-state index is 5.15. The number of rotatable bonds is 4. The lowest BCUT2D eigenvalue weighted by Gasteiger charge is -2.29. The predicted molar refractivity (Wildman–Crippen MR) is 131 cm³/mol. The van der Waals surface area contributed by atoms with E-state index in [4.69, 9.17) is 4.98 Å². The average Bonchev–Trinajstić information content (AvgIpc) is 3.53. The van der Waals surface area contributed by atoms with E-state index in [1.54, 1.807) is 11.3 Å². The molecular formula is C28H24N2S. The Kier molecular flexibility index (Phi) is 4.15. The normalized spacial score (nSPS) is 14.0. The molecule has 0 radical (unpaired) electrons. The van der Waals surface area contributed by atoms with Gasteiger partial charge in [0.25, 0.3) is 0 Å². The molecule has 152 valence electrons. The number of fused-ring (bicyclic) bond motifs is 4. The van der Waals surface area contributed by atoms with E-state index in [9.17, 15) is 0 Å². The van der Waals surface area contributed by atoms with Crippen LogP contribution in [-0.4, -0.2) is 9.55 Å². The highest BCUT2D eigenvalue weighted by atomic mass is 32.1. The molecular weight excluding hydrogens is 396 g/mol. The third kappa shape index (κ3) is 2.53. The Labute approximate surface area is 186 Å². The summed E-state index contributed by atoms with van der Waals surface area (Å²) < 4.78 is 2.33. The van der Waals surface area contributed by atoms with Gasteiger partial charge >= 0.3 is 0 Å². The summed E-state index contributed by atoms with van der Waals surface area (Å²) in [7, 11) is 0. The molecule has 3 aromatic carbocycles. The first-order chi connectivity index (χ1) is 15.3. The summed E-state index contributed by atoms with van der Waals surface area (Å²) in [5.41, 5.74) is 9.10. The molecule has 0 saturated carbocycles. The molecule has 0 saturated heterocycles. The minimum Gasteiger partial charge on any atom is -0.292 e. The van der Waals surface area contributed by atoms with E-state index in [0.29, 0.717) is 0 Å². The molecule has 0 N–H and O–H groups in total. The van der Waals surface area contributed by atoms with E-state index in [2.05, 4.69) is 103 Å². The molecule has 3 heteroatoms. The van der Waals surface area contributed by atoms with Crippen molar-refractivity contribution in [3.63, 3.8) is 0 Å². The van der Waals surface area contributed by atoms with Gasteiger partial charge in [0.05, 0.1) is 15.9 Å². The zero-order chi connectivity index (χ0) is 21.0. The largest absolute Gasteiger partial charge is 0.292 e. The molecule has 0 amide bonds. The lowest BCUT2D eigenvalue weighted by atomic mass is 9.74. The van der Waals surface area contributed by atoms with Crippen LogP contribution in [0.3, 0.4) is 0 Å². The van der Waals surface area contributed by atoms with E-state index in [-0.39, 0.29) is 5.41 Å². The predicted octanol–water partition coefficient (Wildman–Crippen LogP) is 7.84. The third-order valence-electron chi connectivity index (χ3n) is 7.01. The zero-order valence-electron chi connectivity index (χ0n) is 17.8. The van der Waals surface area contributed by atoms with Gasteiger partial charge in [0.15, 0.2) is 5.82 Å². The highest BCUT2D eigenvalue weighted by Crippen LogP contribution is 2.53. The highest BCUT2D eigenvalue weighted by molar-refractivity contribution is 7.13. The fourth-order valence-corrected chi connectivity index (χ4v) is 6.15. The number of nitrogens with zero attached hydrogens (tertiary/aromatic N) is 2. The van der Waals surface area contributed by atoms with Crippen molar-refractivity contribution < 1.29 is 0 Å².